The van der Waals surface area contributed by atoms with Crippen molar-refractivity contribution in [3.63, 3.8) is 0 Å². The molecule has 1 aliphatic carbocycles. The third-order valence-electron chi connectivity index (χ3n) is 3.84. The van der Waals surface area contributed by atoms with Gasteiger partial charge in [0.2, 0.25) is 0 Å². The summed E-state index contributed by atoms with van der Waals surface area (Å²) in [6, 6.07) is 6.68. The lowest BCUT2D eigenvalue weighted by molar-refractivity contribution is -0.146. The fourth-order valence-electron chi connectivity index (χ4n) is 2.31. The van der Waals surface area contributed by atoms with E-state index in [0.717, 1.165) is 24.2 Å². The predicted molar refractivity (Wildman–Crippen MR) is 106 cm³/mol. The Morgan fingerprint density at radius 2 is 1.89 bits per heavy atom. The molecule has 0 aliphatic heterocycles. The molecule has 1 aromatic rings. The van der Waals surface area contributed by atoms with Crippen molar-refractivity contribution < 1.29 is 23.8 Å². The Labute approximate surface area is 165 Å². The van der Waals surface area contributed by atoms with Gasteiger partial charge in [-0.15, -0.1) is 11.8 Å². The Hall–Kier alpha value is -1.89. The van der Waals surface area contributed by atoms with E-state index in [1.165, 1.54) is 0 Å². The molecule has 1 fully saturated rings. The van der Waals surface area contributed by atoms with Gasteiger partial charge in [0.25, 0.3) is 0 Å². The lowest BCUT2D eigenvalue weighted by Crippen LogP contribution is -2.45. The van der Waals surface area contributed by atoms with Crippen LogP contribution in [0, 0.1) is 5.92 Å². The van der Waals surface area contributed by atoms with Crippen LogP contribution in [0.15, 0.2) is 24.3 Å². The molecule has 1 saturated carbocycles. The highest BCUT2D eigenvalue weighted by Crippen LogP contribution is 2.29. The number of carbonyl (C=O) groups excluding carboxylic acids is 2. The second kappa shape index (κ2) is 9.88. The average molecular weight is 396 g/mol. The van der Waals surface area contributed by atoms with Crippen LogP contribution in [-0.4, -0.2) is 42.5 Å². The van der Waals surface area contributed by atoms with E-state index in [2.05, 4.69) is 5.32 Å². The van der Waals surface area contributed by atoms with E-state index in [-0.39, 0.29) is 0 Å². The molecular weight excluding hydrogens is 366 g/mol. The smallest absolute Gasteiger partial charge is 0.408 e. The van der Waals surface area contributed by atoms with Crippen LogP contribution in [0.2, 0.25) is 0 Å². The van der Waals surface area contributed by atoms with Crippen LogP contribution in [-0.2, 0) is 20.7 Å². The topological polar surface area (TPSA) is 73.9 Å². The van der Waals surface area contributed by atoms with Crippen molar-refractivity contribution in [2.75, 3.05) is 18.8 Å². The van der Waals surface area contributed by atoms with Crippen molar-refractivity contribution in [1.29, 1.82) is 0 Å². The zero-order valence-electron chi connectivity index (χ0n) is 16.4. The molecule has 27 heavy (non-hydrogen) atoms. The van der Waals surface area contributed by atoms with Crippen LogP contribution in [0.1, 0.15) is 39.2 Å². The van der Waals surface area contributed by atoms with E-state index in [1.807, 2.05) is 30.5 Å². The molecule has 2 rings (SSSR count). The Kier molecular flexibility index (Phi) is 7.83. The summed E-state index contributed by atoms with van der Waals surface area (Å²) in [5, 5.41) is 2.64. The molecule has 0 spiro atoms. The maximum absolute atomic E-state index is 12.5. The molecule has 1 aliphatic rings. The van der Waals surface area contributed by atoms with Gasteiger partial charge in [0, 0.05) is 6.42 Å². The second-order valence-corrected chi connectivity index (χ2v) is 8.48. The van der Waals surface area contributed by atoms with Crippen molar-refractivity contribution in [3.05, 3.63) is 29.8 Å². The minimum atomic E-state index is -0.795. The van der Waals surface area contributed by atoms with Gasteiger partial charge in [-0.1, -0.05) is 12.1 Å². The fraction of sp³-hybridized carbons (Fsp3) is 0.600. The molecular formula is C20H29NO5S. The van der Waals surface area contributed by atoms with Crippen molar-refractivity contribution in [2.45, 2.75) is 51.7 Å². The molecule has 0 bridgehead atoms. The van der Waals surface area contributed by atoms with Crippen LogP contribution < -0.4 is 10.1 Å². The monoisotopic (exact) mass is 395 g/mol. The van der Waals surface area contributed by atoms with Gasteiger partial charge in [-0.3, -0.25) is 0 Å². The molecule has 0 aromatic heterocycles. The molecule has 0 heterocycles. The first kappa shape index (κ1) is 21.4. The fourth-order valence-corrected chi connectivity index (χ4v) is 2.57. The first-order chi connectivity index (χ1) is 12.8. The van der Waals surface area contributed by atoms with E-state index in [1.54, 1.807) is 32.5 Å². The number of thioether (sulfide) groups is 1. The van der Waals surface area contributed by atoms with Crippen molar-refractivity contribution in [2.24, 2.45) is 5.92 Å². The quantitative estimate of drug-likeness (QED) is 0.507. The van der Waals surface area contributed by atoms with E-state index < -0.39 is 23.7 Å². The van der Waals surface area contributed by atoms with Gasteiger partial charge in [0.05, 0.1) is 6.61 Å². The van der Waals surface area contributed by atoms with Crippen molar-refractivity contribution in [3.8, 4) is 5.75 Å². The van der Waals surface area contributed by atoms with Gasteiger partial charge < -0.3 is 19.5 Å². The number of esters is 1. The standard InChI is InChI=1S/C20H29NO5S/c1-20(2,3)26-19(23)21-17(18(22)24-12-15-5-6-15)11-14-7-9-16(10-8-14)25-13-27-4/h7-10,15,17H,5-6,11-13H2,1-4H3,(H,21,23). The number of alkyl carbamates (subject to hydrolysis) is 1. The number of ether oxygens (including phenoxy) is 3. The van der Waals surface area contributed by atoms with E-state index in [4.69, 9.17) is 14.2 Å². The van der Waals surface area contributed by atoms with E-state index in [0.29, 0.717) is 24.9 Å². The molecule has 1 N–H and O–H groups in total. The van der Waals surface area contributed by atoms with Crippen LogP contribution in [0.3, 0.4) is 0 Å². The van der Waals surface area contributed by atoms with Crippen LogP contribution >= 0.6 is 11.8 Å². The first-order valence-corrected chi connectivity index (χ1v) is 10.5. The summed E-state index contributed by atoms with van der Waals surface area (Å²) in [5.41, 5.74) is 0.263. The van der Waals surface area contributed by atoms with Gasteiger partial charge in [-0.05, 0) is 63.5 Å². The summed E-state index contributed by atoms with van der Waals surface area (Å²) in [6.07, 6.45) is 3.85. The summed E-state index contributed by atoms with van der Waals surface area (Å²) in [6.45, 7) is 5.74. The summed E-state index contributed by atoms with van der Waals surface area (Å²) in [7, 11) is 0. The number of benzene rings is 1. The van der Waals surface area contributed by atoms with Gasteiger partial charge in [-0.2, -0.15) is 0 Å². The first-order valence-electron chi connectivity index (χ1n) is 9.13. The highest BCUT2D eigenvalue weighted by atomic mass is 32.2. The molecule has 0 saturated heterocycles. The SMILES string of the molecule is CSCOc1ccc(CC(NC(=O)OC(C)(C)C)C(=O)OCC2CC2)cc1. The zero-order valence-corrected chi connectivity index (χ0v) is 17.3. The highest BCUT2D eigenvalue weighted by molar-refractivity contribution is 7.98. The number of nitrogens with one attached hydrogen (secondary N) is 1. The number of hydrogen-bond donors (Lipinski definition) is 1. The molecule has 1 amide bonds. The summed E-state index contributed by atoms with van der Waals surface area (Å²) in [4.78, 5) is 24.6. The largest absolute Gasteiger partial charge is 0.483 e. The number of amides is 1. The third-order valence-corrected chi connectivity index (χ3v) is 4.19. The second-order valence-electron chi connectivity index (χ2n) is 7.67. The molecule has 1 unspecified atom stereocenters. The van der Waals surface area contributed by atoms with Crippen LogP contribution in [0.5, 0.6) is 5.75 Å². The Morgan fingerprint density at radius 1 is 1.22 bits per heavy atom. The van der Waals surface area contributed by atoms with Crippen molar-refractivity contribution in [1.82, 2.24) is 5.32 Å². The normalized spacial score (nSPS) is 15.0. The Morgan fingerprint density at radius 3 is 2.44 bits per heavy atom. The maximum atomic E-state index is 12.5. The molecule has 1 aromatic carbocycles. The average Bonchev–Trinajstić information content (AvgIpc) is 3.41. The van der Waals surface area contributed by atoms with E-state index >= 15 is 0 Å². The van der Waals surface area contributed by atoms with Gasteiger partial charge in [0.15, 0.2) is 0 Å². The number of carbonyl (C=O) groups is 2. The molecule has 6 nitrogen and oxygen atoms in total. The van der Waals surface area contributed by atoms with Crippen LogP contribution in [0.4, 0.5) is 4.79 Å². The molecule has 0 radical (unpaired) electrons. The molecule has 7 heteroatoms. The van der Waals surface area contributed by atoms with Gasteiger partial charge >= 0.3 is 12.1 Å². The summed E-state index contributed by atoms with van der Waals surface area (Å²) in [5.74, 6) is 1.37. The minimum Gasteiger partial charge on any atom is -0.483 e. The molecule has 150 valence electrons. The zero-order chi connectivity index (χ0) is 19.9. The number of hydrogen-bond acceptors (Lipinski definition) is 6. The lowest BCUT2D eigenvalue weighted by atomic mass is 10.1. The lowest BCUT2D eigenvalue weighted by Gasteiger charge is -2.23. The maximum Gasteiger partial charge on any atom is 0.408 e. The van der Waals surface area contributed by atoms with Crippen molar-refractivity contribution >= 4 is 23.8 Å². The van der Waals surface area contributed by atoms with Gasteiger partial charge in [-0.25, -0.2) is 9.59 Å². The predicted octanol–water partition coefficient (Wildman–Crippen LogP) is 3.77. The Bertz CT molecular complexity index is 622. The number of rotatable bonds is 9. The summed E-state index contributed by atoms with van der Waals surface area (Å²) < 4.78 is 16.2. The third kappa shape index (κ3) is 8.56. The highest BCUT2D eigenvalue weighted by Gasteiger charge is 2.28. The van der Waals surface area contributed by atoms with E-state index in [9.17, 15) is 9.59 Å². The summed E-state index contributed by atoms with van der Waals surface area (Å²) >= 11 is 1.59. The Balaban J connectivity index is 1.98. The minimum absolute atomic E-state index is 0.325. The van der Waals surface area contributed by atoms with Crippen LogP contribution in [0.25, 0.3) is 0 Å². The van der Waals surface area contributed by atoms with Gasteiger partial charge in [0.1, 0.15) is 23.3 Å². The molecule has 1 atom stereocenters.